The summed E-state index contributed by atoms with van der Waals surface area (Å²) in [5, 5.41) is 13.1. The summed E-state index contributed by atoms with van der Waals surface area (Å²) >= 11 is 0. The molecule has 0 saturated heterocycles. The van der Waals surface area contributed by atoms with Gasteiger partial charge in [0.1, 0.15) is 5.75 Å². The van der Waals surface area contributed by atoms with Crippen LogP contribution in [0.3, 0.4) is 0 Å². The van der Waals surface area contributed by atoms with Crippen LogP contribution >= 0.6 is 0 Å². The minimum absolute atomic E-state index is 0.357. The van der Waals surface area contributed by atoms with Crippen molar-refractivity contribution < 1.29 is 5.11 Å². The number of aromatic hydroxyl groups is 1. The number of hydrogen-bond acceptors (Lipinski definition) is 3. The van der Waals surface area contributed by atoms with E-state index in [1.807, 2.05) is 52.0 Å². The summed E-state index contributed by atoms with van der Waals surface area (Å²) < 4.78 is 0. The van der Waals surface area contributed by atoms with Gasteiger partial charge < -0.3 is 16.2 Å². The van der Waals surface area contributed by atoms with Gasteiger partial charge in [0.2, 0.25) is 0 Å². The Hall–Kier alpha value is -2.16. The first-order chi connectivity index (χ1) is 8.88. The van der Waals surface area contributed by atoms with Crippen LogP contribution in [0.15, 0.2) is 24.3 Å². The minimum Gasteiger partial charge on any atom is -0.507 e. The van der Waals surface area contributed by atoms with Crippen molar-refractivity contribution in [2.45, 2.75) is 27.7 Å². The van der Waals surface area contributed by atoms with Crippen molar-refractivity contribution in [3.8, 4) is 5.75 Å². The maximum atomic E-state index is 9.78. The van der Waals surface area contributed by atoms with Crippen LogP contribution in [-0.4, -0.2) is 5.11 Å². The van der Waals surface area contributed by atoms with E-state index in [2.05, 4.69) is 5.32 Å². The van der Waals surface area contributed by atoms with E-state index in [0.29, 0.717) is 5.75 Å². The fraction of sp³-hybridized carbons (Fsp3) is 0.250. The zero-order valence-corrected chi connectivity index (χ0v) is 11.8. The fourth-order valence-electron chi connectivity index (χ4n) is 2.24. The SMILES string of the molecule is Cc1cc(Nc2cc(C)c(O)c(C)c2)cc(C)c1N. The van der Waals surface area contributed by atoms with Crippen molar-refractivity contribution >= 4 is 17.1 Å². The second kappa shape index (κ2) is 4.84. The van der Waals surface area contributed by atoms with Gasteiger partial charge in [0, 0.05) is 17.1 Å². The molecular weight excluding hydrogens is 236 g/mol. The van der Waals surface area contributed by atoms with Crippen LogP contribution < -0.4 is 11.1 Å². The van der Waals surface area contributed by atoms with Gasteiger partial charge in [-0.25, -0.2) is 0 Å². The van der Waals surface area contributed by atoms with Gasteiger partial charge in [-0.2, -0.15) is 0 Å². The van der Waals surface area contributed by atoms with Gasteiger partial charge in [0.15, 0.2) is 0 Å². The highest BCUT2D eigenvalue weighted by Gasteiger charge is 2.05. The molecule has 0 radical (unpaired) electrons. The lowest BCUT2D eigenvalue weighted by Crippen LogP contribution is -1.98. The monoisotopic (exact) mass is 256 g/mol. The van der Waals surface area contributed by atoms with E-state index in [1.54, 1.807) is 0 Å². The fourth-order valence-corrected chi connectivity index (χ4v) is 2.24. The topological polar surface area (TPSA) is 58.3 Å². The van der Waals surface area contributed by atoms with Crippen molar-refractivity contribution in [2.24, 2.45) is 0 Å². The normalized spacial score (nSPS) is 10.5. The van der Waals surface area contributed by atoms with Crippen LogP contribution in [0, 0.1) is 27.7 Å². The van der Waals surface area contributed by atoms with Gasteiger partial charge >= 0.3 is 0 Å². The number of aryl methyl sites for hydroxylation is 4. The number of anilines is 3. The molecular formula is C16H20N2O. The molecule has 19 heavy (non-hydrogen) atoms. The average molecular weight is 256 g/mol. The quantitative estimate of drug-likeness (QED) is 0.563. The van der Waals surface area contributed by atoms with Gasteiger partial charge in [-0.3, -0.25) is 0 Å². The third-order valence-corrected chi connectivity index (χ3v) is 3.37. The van der Waals surface area contributed by atoms with Crippen molar-refractivity contribution in [1.29, 1.82) is 0 Å². The van der Waals surface area contributed by atoms with E-state index in [0.717, 1.165) is 39.3 Å². The van der Waals surface area contributed by atoms with Crippen LogP contribution in [0.2, 0.25) is 0 Å². The second-order valence-corrected chi connectivity index (χ2v) is 5.11. The highest BCUT2D eigenvalue weighted by atomic mass is 16.3. The first-order valence-electron chi connectivity index (χ1n) is 6.32. The third-order valence-electron chi connectivity index (χ3n) is 3.37. The standard InChI is InChI=1S/C16H20N2O/c1-9-5-13(6-10(2)15(9)17)18-14-7-11(3)16(19)12(4)8-14/h5-8,18-19H,17H2,1-4H3. The van der Waals surface area contributed by atoms with E-state index in [-0.39, 0.29) is 0 Å². The lowest BCUT2D eigenvalue weighted by Gasteiger charge is -2.13. The smallest absolute Gasteiger partial charge is 0.121 e. The van der Waals surface area contributed by atoms with Crippen molar-refractivity contribution in [3.05, 3.63) is 46.5 Å². The Balaban J connectivity index is 2.36. The summed E-state index contributed by atoms with van der Waals surface area (Å²) in [6.07, 6.45) is 0. The lowest BCUT2D eigenvalue weighted by molar-refractivity contribution is 0.467. The van der Waals surface area contributed by atoms with E-state index in [9.17, 15) is 5.11 Å². The van der Waals surface area contributed by atoms with Crippen LogP contribution in [0.25, 0.3) is 0 Å². The molecule has 3 nitrogen and oxygen atoms in total. The number of nitrogens with two attached hydrogens (primary N) is 1. The zero-order chi connectivity index (χ0) is 14.2. The molecule has 2 aromatic carbocycles. The molecule has 0 fully saturated rings. The Morgan fingerprint density at radius 3 is 1.58 bits per heavy atom. The van der Waals surface area contributed by atoms with Gasteiger partial charge in [-0.15, -0.1) is 0 Å². The number of phenols is 1. The number of nitrogens with one attached hydrogen (secondary N) is 1. The van der Waals surface area contributed by atoms with E-state index >= 15 is 0 Å². The molecule has 2 aromatic rings. The third kappa shape index (κ3) is 2.65. The molecule has 4 N–H and O–H groups in total. The Morgan fingerprint density at radius 2 is 1.16 bits per heavy atom. The first-order valence-corrected chi connectivity index (χ1v) is 6.32. The largest absolute Gasteiger partial charge is 0.507 e. The number of nitrogen functional groups attached to an aromatic ring is 1. The molecule has 0 saturated carbocycles. The molecule has 0 unspecified atom stereocenters. The highest BCUT2D eigenvalue weighted by molar-refractivity contribution is 5.68. The molecule has 0 aromatic heterocycles. The van der Waals surface area contributed by atoms with Gasteiger partial charge in [-0.05, 0) is 74.2 Å². The average Bonchev–Trinajstić information content (AvgIpc) is 2.33. The predicted molar refractivity (Wildman–Crippen MR) is 81.2 cm³/mol. The van der Waals surface area contributed by atoms with Gasteiger partial charge in [-0.1, -0.05) is 0 Å². The van der Waals surface area contributed by atoms with Crippen LogP contribution in [-0.2, 0) is 0 Å². The number of phenolic OH excluding ortho intramolecular Hbond substituents is 1. The molecule has 2 rings (SSSR count). The molecule has 0 aliphatic rings. The summed E-state index contributed by atoms with van der Waals surface area (Å²) in [5.74, 6) is 0.357. The van der Waals surface area contributed by atoms with Gasteiger partial charge in [0.05, 0.1) is 0 Å². The molecule has 0 atom stereocenters. The van der Waals surface area contributed by atoms with Crippen LogP contribution in [0.1, 0.15) is 22.3 Å². The summed E-state index contributed by atoms with van der Waals surface area (Å²) in [5.41, 5.74) is 12.6. The zero-order valence-electron chi connectivity index (χ0n) is 11.8. The number of hydrogen-bond donors (Lipinski definition) is 3. The molecule has 0 heterocycles. The van der Waals surface area contributed by atoms with E-state index in [1.165, 1.54) is 0 Å². The number of benzene rings is 2. The summed E-state index contributed by atoms with van der Waals surface area (Å²) in [6, 6.07) is 7.92. The first kappa shape index (κ1) is 13.3. The maximum Gasteiger partial charge on any atom is 0.121 e. The van der Waals surface area contributed by atoms with E-state index in [4.69, 9.17) is 5.73 Å². The van der Waals surface area contributed by atoms with Crippen molar-refractivity contribution in [1.82, 2.24) is 0 Å². The lowest BCUT2D eigenvalue weighted by atomic mass is 10.1. The Labute approximate surface area is 114 Å². The molecule has 0 spiro atoms. The van der Waals surface area contributed by atoms with Crippen LogP contribution in [0.5, 0.6) is 5.75 Å². The molecule has 100 valence electrons. The molecule has 0 aliphatic heterocycles. The molecule has 3 heteroatoms. The van der Waals surface area contributed by atoms with E-state index < -0.39 is 0 Å². The Morgan fingerprint density at radius 1 is 0.789 bits per heavy atom. The number of rotatable bonds is 2. The minimum atomic E-state index is 0.357. The summed E-state index contributed by atoms with van der Waals surface area (Å²) in [4.78, 5) is 0. The highest BCUT2D eigenvalue weighted by Crippen LogP contribution is 2.29. The molecule has 0 bridgehead atoms. The molecule has 0 amide bonds. The van der Waals surface area contributed by atoms with Crippen LogP contribution in [0.4, 0.5) is 17.1 Å². The Bertz CT molecular complexity index is 531. The van der Waals surface area contributed by atoms with Crippen molar-refractivity contribution in [3.63, 3.8) is 0 Å². The summed E-state index contributed by atoms with van der Waals surface area (Å²) in [7, 11) is 0. The van der Waals surface area contributed by atoms with Gasteiger partial charge in [0.25, 0.3) is 0 Å². The second-order valence-electron chi connectivity index (χ2n) is 5.11. The van der Waals surface area contributed by atoms with Crippen molar-refractivity contribution in [2.75, 3.05) is 11.1 Å². The summed E-state index contributed by atoms with van der Waals surface area (Å²) in [6.45, 7) is 7.79. The predicted octanol–water partition coefficient (Wildman–Crippen LogP) is 3.95. The molecule has 0 aliphatic carbocycles. The maximum absolute atomic E-state index is 9.78. The Kier molecular flexibility index (Phi) is 3.38.